The summed E-state index contributed by atoms with van der Waals surface area (Å²) in [5, 5.41) is 7.87. The van der Waals surface area contributed by atoms with Crippen molar-refractivity contribution in [3.8, 4) is 33.6 Å². The molecule has 56 heavy (non-hydrogen) atoms. The van der Waals surface area contributed by atoms with Crippen molar-refractivity contribution in [1.29, 1.82) is 0 Å². The molecule has 270 valence electrons. The standard InChI is InChI=1S/C54H44N2/c1-53(2)28-29-54(3,4)52-45(53)25-27-47-51(52)44-33-43-48(55(40-21-12-7-13-22-40)46-26-24-37-20-14-15-23-42(37)50(43)46)34-49(44)56(47)41-31-38(35-16-8-5-9-17-35)30-39(32-41)36-18-10-6-11-19-36/h5-27,30-34H,28-29H2,1-4H3. The maximum atomic E-state index is 2.58. The van der Waals surface area contributed by atoms with Crippen LogP contribution in [0.2, 0.25) is 0 Å². The Morgan fingerprint density at radius 2 is 0.911 bits per heavy atom. The van der Waals surface area contributed by atoms with Crippen LogP contribution in [0.4, 0.5) is 0 Å². The molecule has 10 aromatic rings. The summed E-state index contributed by atoms with van der Waals surface area (Å²) >= 11 is 0. The fraction of sp³-hybridized carbons (Fsp3) is 0.148. The molecular weight excluding hydrogens is 677 g/mol. The highest BCUT2D eigenvalue weighted by atomic mass is 15.0. The zero-order valence-electron chi connectivity index (χ0n) is 32.5. The molecule has 0 fully saturated rings. The molecule has 0 N–H and O–H groups in total. The third kappa shape index (κ3) is 4.88. The lowest BCUT2D eigenvalue weighted by molar-refractivity contribution is 0.334. The maximum absolute atomic E-state index is 2.58. The van der Waals surface area contributed by atoms with Crippen LogP contribution < -0.4 is 0 Å². The van der Waals surface area contributed by atoms with E-state index in [1.807, 2.05) is 0 Å². The molecule has 1 aliphatic rings. The van der Waals surface area contributed by atoms with Gasteiger partial charge in [0.25, 0.3) is 0 Å². The summed E-state index contributed by atoms with van der Waals surface area (Å²) in [5.74, 6) is 0. The number of nitrogens with zero attached hydrogens (tertiary/aromatic N) is 2. The van der Waals surface area contributed by atoms with E-state index in [9.17, 15) is 0 Å². The lowest BCUT2D eigenvalue weighted by atomic mass is 9.62. The van der Waals surface area contributed by atoms with Crippen molar-refractivity contribution < 1.29 is 0 Å². The minimum absolute atomic E-state index is 0.0181. The molecule has 1 aliphatic carbocycles. The van der Waals surface area contributed by atoms with Gasteiger partial charge in [0.05, 0.1) is 22.1 Å². The number of hydrogen-bond donors (Lipinski definition) is 0. The van der Waals surface area contributed by atoms with Gasteiger partial charge in [-0.3, -0.25) is 0 Å². The van der Waals surface area contributed by atoms with Crippen molar-refractivity contribution in [3.63, 3.8) is 0 Å². The second-order valence-electron chi connectivity index (χ2n) is 17.2. The van der Waals surface area contributed by atoms with Crippen LogP contribution in [-0.2, 0) is 10.8 Å². The van der Waals surface area contributed by atoms with E-state index in [2.05, 4.69) is 207 Å². The average molecular weight is 721 g/mol. The number of fused-ring (bicyclic) bond motifs is 10. The van der Waals surface area contributed by atoms with E-state index < -0.39 is 0 Å². The van der Waals surface area contributed by atoms with E-state index in [4.69, 9.17) is 0 Å². The fourth-order valence-electron chi connectivity index (χ4n) is 10.0. The first-order valence-corrected chi connectivity index (χ1v) is 20.1. The Morgan fingerprint density at radius 1 is 0.375 bits per heavy atom. The summed E-state index contributed by atoms with van der Waals surface area (Å²) in [6.45, 7) is 9.83. The lowest BCUT2D eigenvalue weighted by Crippen LogP contribution is -2.34. The van der Waals surface area contributed by atoms with E-state index in [1.54, 1.807) is 0 Å². The highest BCUT2D eigenvalue weighted by Crippen LogP contribution is 2.52. The number of hydrogen-bond acceptors (Lipinski definition) is 0. The van der Waals surface area contributed by atoms with Gasteiger partial charge in [0.2, 0.25) is 0 Å². The normalized spacial score (nSPS) is 14.9. The van der Waals surface area contributed by atoms with E-state index in [1.165, 1.54) is 106 Å². The van der Waals surface area contributed by atoms with Crippen LogP contribution in [0.1, 0.15) is 51.7 Å². The second-order valence-corrected chi connectivity index (χ2v) is 17.2. The first-order chi connectivity index (χ1) is 27.3. The Bertz CT molecular complexity index is 3100. The molecular formula is C54H44N2. The molecule has 0 atom stereocenters. The molecule has 8 aromatic carbocycles. The Hall–Kier alpha value is -6.38. The van der Waals surface area contributed by atoms with Crippen LogP contribution in [0.5, 0.6) is 0 Å². The summed E-state index contributed by atoms with van der Waals surface area (Å²) in [4.78, 5) is 0. The van der Waals surface area contributed by atoms with Gasteiger partial charge in [-0.25, -0.2) is 0 Å². The van der Waals surface area contributed by atoms with Gasteiger partial charge in [-0.2, -0.15) is 0 Å². The van der Waals surface area contributed by atoms with Gasteiger partial charge >= 0.3 is 0 Å². The summed E-state index contributed by atoms with van der Waals surface area (Å²) in [6, 6.07) is 63.2. The van der Waals surface area contributed by atoms with Crippen molar-refractivity contribution in [1.82, 2.24) is 9.13 Å². The quantitative estimate of drug-likeness (QED) is 0.171. The number of rotatable bonds is 4. The molecule has 0 aliphatic heterocycles. The number of benzene rings is 8. The maximum Gasteiger partial charge on any atom is 0.0562 e. The van der Waals surface area contributed by atoms with Crippen molar-refractivity contribution in [2.75, 3.05) is 0 Å². The van der Waals surface area contributed by atoms with Crippen LogP contribution in [0, 0.1) is 0 Å². The molecule has 0 amide bonds. The van der Waals surface area contributed by atoms with Crippen molar-refractivity contribution in [3.05, 3.63) is 181 Å². The Balaban J connectivity index is 1.35. The molecule has 2 heterocycles. The van der Waals surface area contributed by atoms with Crippen molar-refractivity contribution in [2.24, 2.45) is 0 Å². The third-order valence-electron chi connectivity index (χ3n) is 12.9. The van der Waals surface area contributed by atoms with Crippen LogP contribution in [0.25, 0.3) is 88.0 Å². The van der Waals surface area contributed by atoms with Gasteiger partial charge in [0.1, 0.15) is 0 Å². The monoisotopic (exact) mass is 720 g/mol. The van der Waals surface area contributed by atoms with Crippen LogP contribution in [0.15, 0.2) is 170 Å². The van der Waals surface area contributed by atoms with Gasteiger partial charge in [0, 0.05) is 32.9 Å². The number of para-hydroxylation sites is 1. The average Bonchev–Trinajstić information content (AvgIpc) is 3.74. The van der Waals surface area contributed by atoms with E-state index in [0.29, 0.717) is 0 Å². The van der Waals surface area contributed by atoms with E-state index in [0.717, 1.165) is 6.42 Å². The summed E-state index contributed by atoms with van der Waals surface area (Å²) in [5.41, 5.74) is 15.2. The smallest absolute Gasteiger partial charge is 0.0562 e. The summed E-state index contributed by atoms with van der Waals surface area (Å²) < 4.78 is 5.06. The molecule has 2 heteroatoms. The predicted molar refractivity (Wildman–Crippen MR) is 239 cm³/mol. The molecule has 0 saturated heterocycles. The summed E-state index contributed by atoms with van der Waals surface area (Å²) in [6.07, 6.45) is 2.33. The molecule has 0 radical (unpaired) electrons. The number of aromatic nitrogens is 2. The van der Waals surface area contributed by atoms with Gasteiger partial charge < -0.3 is 9.13 Å². The van der Waals surface area contributed by atoms with Crippen LogP contribution in [-0.4, -0.2) is 9.13 Å². The van der Waals surface area contributed by atoms with Gasteiger partial charge in [-0.15, -0.1) is 0 Å². The second kappa shape index (κ2) is 12.1. The topological polar surface area (TPSA) is 9.86 Å². The highest BCUT2D eigenvalue weighted by molar-refractivity contribution is 6.25. The minimum atomic E-state index is 0.0181. The first kappa shape index (κ1) is 33.0. The predicted octanol–water partition coefficient (Wildman–Crippen LogP) is 14.7. The Morgan fingerprint density at radius 3 is 1.59 bits per heavy atom. The molecule has 0 spiro atoms. The largest absolute Gasteiger partial charge is 0.309 e. The van der Waals surface area contributed by atoms with Crippen molar-refractivity contribution in [2.45, 2.75) is 51.4 Å². The minimum Gasteiger partial charge on any atom is -0.309 e. The lowest BCUT2D eigenvalue weighted by Gasteiger charge is -2.42. The van der Waals surface area contributed by atoms with Gasteiger partial charge in [-0.05, 0) is 122 Å². The molecule has 0 bridgehead atoms. The van der Waals surface area contributed by atoms with Gasteiger partial charge in [-0.1, -0.05) is 143 Å². The molecule has 2 aromatic heterocycles. The summed E-state index contributed by atoms with van der Waals surface area (Å²) in [7, 11) is 0. The molecule has 0 unspecified atom stereocenters. The first-order valence-electron chi connectivity index (χ1n) is 20.1. The fourth-order valence-corrected chi connectivity index (χ4v) is 10.0. The van der Waals surface area contributed by atoms with E-state index in [-0.39, 0.29) is 10.8 Å². The van der Waals surface area contributed by atoms with Crippen molar-refractivity contribution >= 4 is 54.4 Å². The molecule has 0 saturated carbocycles. The van der Waals surface area contributed by atoms with Crippen LogP contribution >= 0.6 is 0 Å². The third-order valence-corrected chi connectivity index (χ3v) is 12.9. The molecule has 2 nitrogen and oxygen atoms in total. The van der Waals surface area contributed by atoms with E-state index >= 15 is 0 Å². The van der Waals surface area contributed by atoms with Gasteiger partial charge in [0.15, 0.2) is 0 Å². The Kier molecular flexibility index (Phi) is 7.11. The zero-order chi connectivity index (χ0) is 37.8. The van der Waals surface area contributed by atoms with Crippen LogP contribution in [0.3, 0.4) is 0 Å². The highest BCUT2D eigenvalue weighted by Gasteiger charge is 2.39. The molecule has 11 rings (SSSR count). The zero-order valence-corrected chi connectivity index (χ0v) is 32.5. The SMILES string of the molecule is CC1(C)CCC(C)(C)c2c1ccc1c2c2cc3c4c5ccccc5ccc4n(-c4ccccc4)c3cc2n1-c1cc(-c2ccccc2)cc(-c2ccccc2)c1. The Labute approximate surface area is 328 Å².